The van der Waals surface area contributed by atoms with Crippen LogP contribution in [-0.2, 0) is 0 Å². The minimum absolute atomic E-state index is 0.0174. The first kappa shape index (κ1) is 12.6. The van der Waals surface area contributed by atoms with Gasteiger partial charge in [-0.15, -0.1) is 0 Å². The second kappa shape index (κ2) is 5.18. The van der Waals surface area contributed by atoms with Crippen molar-refractivity contribution in [2.45, 2.75) is 6.92 Å². The highest BCUT2D eigenvalue weighted by atomic mass is 79.9. The summed E-state index contributed by atoms with van der Waals surface area (Å²) in [7, 11) is 0. The smallest absolute Gasteiger partial charge is 0.354 e. The van der Waals surface area contributed by atoms with Crippen LogP contribution in [0.5, 0.6) is 0 Å². The Bertz CT molecular complexity index is 599. The second-order valence-electron chi connectivity index (χ2n) is 3.80. The summed E-state index contributed by atoms with van der Waals surface area (Å²) in [5.41, 5.74) is 2.70. The first-order valence-electron chi connectivity index (χ1n) is 5.29. The number of carboxylic acids is 1. The summed E-state index contributed by atoms with van der Waals surface area (Å²) in [4.78, 5) is 14.6. The molecule has 4 nitrogen and oxygen atoms in total. The van der Waals surface area contributed by atoms with Gasteiger partial charge in [-0.2, -0.15) is 0 Å². The number of hydrogen-bond donors (Lipinski definition) is 2. The number of hydrogen-bond acceptors (Lipinski definition) is 3. The maximum Gasteiger partial charge on any atom is 0.354 e. The highest BCUT2D eigenvalue weighted by Crippen LogP contribution is 2.28. The van der Waals surface area contributed by atoms with Crippen molar-refractivity contribution in [1.29, 1.82) is 0 Å². The molecule has 0 saturated heterocycles. The van der Waals surface area contributed by atoms with Gasteiger partial charge >= 0.3 is 5.97 Å². The van der Waals surface area contributed by atoms with E-state index in [2.05, 4.69) is 26.2 Å². The third-order valence-electron chi connectivity index (χ3n) is 2.45. The summed E-state index contributed by atoms with van der Waals surface area (Å²) in [5, 5.41) is 12.0. The third kappa shape index (κ3) is 2.68. The van der Waals surface area contributed by atoms with Gasteiger partial charge in [-0.3, -0.25) is 0 Å². The van der Waals surface area contributed by atoms with Crippen LogP contribution in [0.25, 0.3) is 0 Å². The van der Waals surface area contributed by atoms with Gasteiger partial charge in [0.05, 0.1) is 5.69 Å². The molecule has 0 saturated carbocycles. The molecule has 0 bridgehead atoms. The fraction of sp³-hybridized carbons (Fsp3) is 0.0769. The molecular weight excluding hydrogens is 296 g/mol. The Morgan fingerprint density at radius 3 is 2.89 bits per heavy atom. The minimum Gasteiger partial charge on any atom is -0.477 e. The van der Waals surface area contributed by atoms with Crippen molar-refractivity contribution in [3.05, 3.63) is 52.3 Å². The lowest BCUT2D eigenvalue weighted by atomic mass is 10.2. The molecular formula is C13H11BrN2O2. The number of nitrogens with one attached hydrogen (secondary N) is 1. The number of carbonyl (C=O) groups is 1. The molecule has 0 aliphatic rings. The molecule has 5 heteroatoms. The lowest BCUT2D eigenvalue weighted by Gasteiger charge is -2.10. The summed E-state index contributed by atoms with van der Waals surface area (Å²) in [6.07, 6.45) is 1.47. The van der Waals surface area contributed by atoms with E-state index in [0.717, 1.165) is 15.7 Å². The van der Waals surface area contributed by atoms with Gasteiger partial charge in [0, 0.05) is 16.4 Å². The zero-order valence-corrected chi connectivity index (χ0v) is 11.2. The van der Waals surface area contributed by atoms with Crippen molar-refractivity contribution in [3.63, 3.8) is 0 Å². The van der Waals surface area contributed by atoms with E-state index >= 15 is 0 Å². The van der Waals surface area contributed by atoms with Crippen LogP contribution >= 0.6 is 15.9 Å². The molecule has 0 unspecified atom stereocenters. The van der Waals surface area contributed by atoms with E-state index in [1.807, 2.05) is 25.1 Å². The number of anilines is 2. The van der Waals surface area contributed by atoms with Gasteiger partial charge in [-0.25, -0.2) is 9.78 Å². The van der Waals surface area contributed by atoms with Gasteiger partial charge in [0.15, 0.2) is 0 Å². The topological polar surface area (TPSA) is 62.2 Å². The number of nitrogens with zero attached hydrogens (tertiary/aromatic N) is 1. The maximum atomic E-state index is 10.8. The molecule has 1 aromatic heterocycles. The zero-order chi connectivity index (χ0) is 13.1. The van der Waals surface area contributed by atoms with Gasteiger partial charge < -0.3 is 10.4 Å². The second-order valence-corrected chi connectivity index (χ2v) is 4.59. The van der Waals surface area contributed by atoms with Crippen LogP contribution in [0.2, 0.25) is 0 Å². The predicted molar refractivity (Wildman–Crippen MR) is 73.4 cm³/mol. The summed E-state index contributed by atoms with van der Waals surface area (Å²) < 4.78 is 0.957. The Labute approximate surface area is 113 Å². The van der Waals surface area contributed by atoms with E-state index in [0.29, 0.717) is 5.69 Å². The van der Waals surface area contributed by atoms with Gasteiger partial charge in [0.1, 0.15) is 5.69 Å². The summed E-state index contributed by atoms with van der Waals surface area (Å²) in [6, 6.07) is 9.06. The molecule has 18 heavy (non-hydrogen) atoms. The standard InChI is InChI=1S/C13H11BrN2O2/c1-8-3-2-4-10(12(8)14)16-9-5-6-15-11(7-9)13(17)18/h2-7H,1H3,(H,15,16)(H,17,18). The van der Waals surface area contributed by atoms with Gasteiger partial charge in [0.2, 0.25) is 0 Å². The molecule has 2 N–H and O–H groups in total. The van der Waals surface area contributed by atoms with Crippen LogP contribution in [0.1, 0.15) is 16.1 Å². The molecule has 0 fully saturated rings. The molecule has 0 spiro atoms. The van der Waals surface area contributed by atoms with Crippen LogP contribution in [0, 0.1) is 6.92 Å². The molecule has 0 atom stereocenters. The van der Waals surface area contributed by atoms with Crippen LogP contribution in [0.4, 0.5) is 11.4 Å². The molecule has 1 aromatic carbocycles. The Morgan fingerprint density at radius 2 is 2.17 bits per heavy atom. The van der Waals surface area contributed by atoms with Gasteiger partial charge in [-0.05, 0) is 46.6 Å². The van der Waals surface area contributed by atoms with E-state index in [1.165, 1.54) is 12.3 Å². The van der Waals surface area contributed by atoms with E-state index in [9.17, 15) is 4.79 Å². The Morgan fingerprint density at radius 1 is 1.39 bits per heavy atom. The first-order chi connectivity index (χ1) is 8.58. The SMILES string of the molecule is Cc1cccc(Nc2ccnc(C(=O)O)c2)c1Br. The maximum absolute atomic E-state index is 10.8. The molecule has 0 radical (unpaired) electrons. The number of aromatic carboxylic acids is 1. The number of carboxylic acid groups (broad SMARTS) is 1. The number of benzene rings is 1. The minimum atomic E-state index is -1.04. The van der Waals surface area contributed by atoms with Crippen molar-refractivity contribution in [2.24, 2.45) is 0 Å². The summed E-state index contributed by atoms with van der Waals surface area (Å²) in [5.74, 6) is -1.04. The Balaban J connectivity index is 2.31. The van der Waals surface area contributed by atoms with E-state index < -0.39 is 5.97 Å². The van der Waals surface area contributed by atoms with Crippen molar-refractivity contribution >= 4 is 33.3 Å². The van der Waals surface area contributed by atoms with Crippen molar-refractivity contribution < 1.29 is 9.90 Å². The zero-order valence-electron chi connectivity index (χ0n) is 9.64. The van der Waals surface area contributed by atoms with E-state index in [4.69, 9.17) is 5.11 Å². The van der Waals surface area contributed by atoms with Crippen LogP contribution in [0.3, 0.4) is 0 Å². The molecule has 0 aliphatic carbocycles. The normalized spacial score (nSPS) is 10.1. The molecule has 1 heterocycles. The van der Waals surface area contributed by atoms with Crippen LogP contribution < -0.4 is 5.32 Å². The fourth-order valence-corrected chi connectivity index (χ4v) is 1.89. The number of halogens is 1. The Hall–Kier alpha value is -1.88. The average molecular weight is 307 g/mol. The number of aromatic nitrogens is 1. The van der Waals surface area contributed by atoms with Crippen molar-refractivity contribution in [3.8, 4) is 0 Å². The Kier molecular flexibility index (Phi) is 3.62. The fourth-order valence-electron chi connectivity index (χ4n) is 1.52. The molecule has 2 rings (SSSR count). The monoisotopic (exact) mass is 306 g/mol. The van der Waals surface area contributed by atoms with Gasteiger partial charge in [0.25, 0.3) is 0 Å². The predicted octanol–water partition coefficient (Wildman–Crippen LogP) is 3.59. The number of rotatable bonds is 3. The molecule has 92 valence electrons. The molecule has 2 aromatic rings. The lowest BCUT2D eigenvalue weighted by Crippen LogP contribution is -2.01. The highest BCUT2D eigenvalue weighted by molar-refractivity contribution is 9.10. The largest absolute Gasteiger partial charge is 0.477 e. The summed E-state index contributed by atoms with van der Waals surface area (Å²) in [6.45, 7) is 1.99. The van der Waals surface area contributed by atoms with E-state index in [1.54, 1.807) is 6.07 Å². The highest BCUT2D eigenvalue weighted by Gasteiger charge is 2.07. The average Bonchev–Trinajstić information content (AvgIpc) is 2.35. The molecule has 0 amide bonds. The van der Waals surface area contributed by atoms with Crippen LogP contribution in [0.15, 0.2) is 41.0 Å². The molecule has 0 aliphatic heterocycles. The summed E-state index contributed by atoms with van der Waals surface area (Å²) >= 11 is 3.49. The lowest BCUT2D eigenvalue weighted by molar-refractivity contribution is 0.0690. The number of pyridine rings is 1. The van der Waals surface area contributed by atoms with Crippen molar-refractivity contribution in [2.75, 3.05) is 5.32 Å². The quantitative estimate of drug-likeness (QED) is 0.909. The van der Waals surface area contributed by atoms with Crippen LogP contribution in [-0.4, -0.2) is 16.1 Å². The number of aryl methyl sites for hydroxylation is 1. The van der Waals surface area contributed by atoms with Crippen molar-refractivity contribution in [1.82, 2.24) is 4.98 Å². The van der Waals surface area contributed by atoms with E-state index in [-0.39, 0.29) is 5.69 Å². The van der Waals surface area contributed by atoms with Gasteiger partial charge in [-0.1, -0.05) is 12.1 Å². The first-order valence-corrected chi connectivity index (χ1v) is 6.08. The third-order valence-corrected chi connectivity index (χ3v) is 3.50.